The standard InChI is InChI=1S/C10H19NO3/c1-14-5-3-2-4-11-7-9(8-11)6-10(12)13/h9H,2-8H2,1H3,(H,12,13). The minimum atomic E-state index is -0.672. The van der Waals surface area contributed by atoms with Crippen LogP contribution in [0.3, 0.4) is 0 Å². The fraction of sp³-hybridized carbons (Fsp3) is 0.900. The molecule has 4 nitrogen and oxygen atoms in total. The van der Waals surface area contributed by atoms with Gasteiger partial charge in [-0.1, -0.05) is 0 Å². The highest BCUT2D eigenvalue weighted by molar-refractivity contribution is 5.67. The minimum Gasteiger partial charge on any atom is -0.481 e. The number of unbranched alkanes of at least 4 members (excludes halogenated alkanes) is 1. The molecule has 1 fully saturated rings. The van der Waals surface area contributed by atoms with Crippen molar-refractivity contribution in [3.8, 4) is 0 Å². The first kappa shape index (κ1) is 11.5. The van der Waals surface area contributed by atoms with E-state index in [1.54, 1.807) is 7.11 Å². The number of ether oxygens (including phenoxy) is 1. The van der Waals surface area contributed by atoms with Gasteiger partial charge in [0.2, 0.25) is 0 Å². The zero-order chi connectivity index (χ0) is 10.4. The Morgan fingerprint density at radius 1 is 1.50 bits per heavy atom. The molecule has 0 bridgehead atoms. The predicted molar refractivity (Wildman–Crippen MR) is 53.3 cm³/mol. The van der Waals surface area contributed by atoms with E-state index < -0.39 is 5.97 Å². The van der Waals surface area contributed by atoms with Crippen molar-refractivity contribution in [3.63, 3.8) is 0 Å². The maximum Gasteiger partial charge on any atom is 0.303 e. The second kappa shape index (κ2) is 5.98. The average molecular weight is 201 g/mol. The van der Waals surface area contributed by atoms with Crippen molar-refractivity contribution in [3.05, 3.63) is 0 Å². The molecular formula is C10H19NO3. The molecule has 4 heteroatoms. The lowest BCUT2D eigenvalue weighted by molar-refractivity contribution is -0.139. The number of nitrogens with zero attached hydrogens (tertiary/aromatic N) is 1. The molecule has 1 aliphatic rings. The zero-order valence-electron chi connectivity index (χ0n) is 8.74. The third-order valence-electron chi connectivity index (χ3n) is 2.57. The second-order valence-electron chi connectivity index (χ2n) is 3.92. The van der Waals surface area contributed by atoms with Gasteiger partial charge in [0.15, 0.2) is 0 Å². The number of hydrogen-bond donors (Lipinski definition) is 1. The number of aliphatic carboxylic acids is 1. The molecule has 0 saturated carbocycles. The highest BCUT2D eigenvalue weighted by Gasteiger charge is 2.27. The average Bonchev–Trinajstić information content (AvgIpc) is 2.06. The number of carboxylic acid groups (broad SMARTS) is 1. The van der Waals surface area contributed by atoms with Crippen molar-refractivity contribution < 1.29 is 14.6 Å². The second-order valence-corrected chi connectivity index (χ2v) is 3.92. The van der Waals surface area contributed by atoms with Crippen LogP contribution in [0, 0.1) is 5.92 Å². The van der Waals surface area contributed by atoms with Crippen LogP contribution in [0.4, 0.5) is 0 Å². The molecule has 0 aromatic heterocycles. The van der Waals surface area contributed by atoms with Gasteiger partial charge in [-0.15, -0.1) is 0 Å². The summed E-state index contributed by atoms with van der Waals surface area (Å²) in [6.45, 7) is 3.82. The maximum atomic E-state index is 10.4. The normalized spacial score (nSPS) is 18.1. The smallest absolute Gasteiger partial charge is 0.303 e. The van der Waals surface area contributed by atoms with Gasteiger partial charge in [-0.25, -0.2) is 0 Å². The highest BCUT2D eigenvalue weighted by Crippen LogP contribution is 2.19. The lowest BCUT2D eigenvalue weighted by atomic mass is 9.96. The molecule has 0 spiro atoms. The van der Waals surface area contributed by atoms with Crippen LogP contribution in [0.15, 0.2) is 0 Å². The van der Waals surface area contributed by atoms with Gasteiger partial charge in [-0.05, 0) is 25.3 Å². The molecule has 1 heterocycles. The van der Waals surface area contributed by atoms with Crippen LogP contribution >= 0.6 is 0 Å². The van der Waals surface area contributed by atoms with Gasteiger partial charge in [0, 0.05) is 26.8 Å². The van der Waals surface area contributed by atoms with E-state index in [9.17, 15) is 4.79 Å². The van der Waals surface area contributed by atoms with Gasteiger partial charge in [-0.2, -0.15) is 0 Å². The summed E-state index contributed by atoms with van der Waals surface area (Å²) < 4.78 is 4.95. The molecular weight excluding hydrogens is 182 g/mol. The van der Waals surface area contributed by atoms with Crippen LogP contribution < -0.4 is 0 Å². The van der Waals surface area contributed by atoms with Crippen molar-refractivity contribution in [1.29, 1.82) is 0 Å². The Bertz CT molecular complexity index is 178. The first-order chi connectivity index (χ1) is 6.72. The van der Waals surface area contributed by atoms with Crippen molar-refractivity contribution in [2.45, 2.75) is 19.3 Å². The van der Waals surface area contributed by atoms with E-state index >= 15 is 0 Å². The summed E-state index contributed by atoms with van der Waals surface area (Å²) in [6.07, 6.45) is 2.57. The van der Waals surface area contributed by atoms with Gasteiger partial charge in [0.25, 0.3) is 0 Å². The van der Waals surface area contributed by atoms with Crippen LogP contribution in [0.5, 0.6) is 0 Å². The highest BCUT2D eigenvalue weighted by atomic mass is 16.5. The Labute approximate surface area is 84.8 Å². The fourth-order valence-corrected chi connectivity index (χ4v) is 1.82. The summed E-state index contributed by atoms with van der Waals surface area (Å²) >= 11 is 0. The SMILES string of the molecule is COCCCCN1CC(CC(=O)O)C1. The molecule has 82 valence electrons. The van der Waals surface area contributed by atoms with Crippen LogP contribution in [0.25, 0.3) is 0 Å². The molecule has 1 aliphatic heterocycles. The predicted octanol–water partition coefficient (Wildman–Crippen LogP) is 0.820. The molecule has 0 aromatic rings. The van der Waals surface area contributed by atoms with E-state index in [1.807, 2.05) is 0 Å². The molecule has 1 N–H and O–H groups in total. The number of methoxy groups -OCH3 is 1. The van der Waals surface area contributed by atoms with Crippen molar-refractivity contribution in [2.75, 3.05) is 33.4 Å². The number of carbonyl (C=O) groups is 1. The van der Waals surface area contributed by atoms with Crippen LogP contribution in [0.2, 0.25) is 0 Å². The van der Waals surface area contributed by atoms with Crippen LogP contribution in [-0.4, -0.2) is 49.3 Å². The van der Waals surface area contributed by atoms with E-state index in [4.69, 9.17) is 9.84 Å². The van der Waals surface area contributed by atoms with Crippen molar-refractivity contribution in [1.82, 2.24) is 4.90 Å². The van der Waals surface area contributed by atoms with E-state index in [0.717, 1.165) is 39.1 Å². The summed E-state index contributed by atoms with van der Waals surface area (Å²) in [6, 6.07) is 0. The molecule has 0 aliphatic carbocycles. The summed E-state index contributed by atoms with van der Waals surface area (Å²) in [5, 5.41) is 8.55. The molecule has 14 heavy (non-hydrogen) atoms. The minimum absolute atomic E-state index is 0.328. The molecule has 0 unspecified atom stereocenters. The van der Waals surface area contributed by atoms with Crippen molar-refractivity contribution >= 4 is 5.97 Å². The van der Waals surface area contributed by atoms with Gasteiger partial charge in [-0.3, -0.25) is 4.79 Å². The van der Waals surface area contributed by atoms with E-state index in [-0.39, 0.29) is 0 Å². The molecule has 0 radical (unpaired) electrons. The van der Waals surface area contributed by atoms with E-state index in [1.165, 1.54) is 0 Å². The first-order valence-electron chi connectivity index (χ1n) is 5.15. The summed E-state index contributed by atoms with van der Waals surface area (Å²) in [7, 11) is 1.71. The van der Waals surface area contributed by atoms with Crippen LogP contribution in [-0.2, 0) is 9.53 Å². The Hall–Kier alpha value is -0.610. The third-order valence-corrected chi connectivity index (χ3v) is 2.57. The Kier molecular flexibility index (Phi) is 4.90. The van der Waals surface area contributed by atoms with Gasteiger partial charge < -0.3 is 14.7 Å². The number of carboxylic acids is 1. The fourth-order valence-electron chi connectivity index (χ4n) is 1.82. The zero-order valence-corrected chi connectivity index (χ0v) is 8.74. The summed E-state index contributed by atoms with van der Waals surface area (Å²) in [4.78, 5) is 12.7. The Morgan fingerprint density at radius 3 is 2.79 bits per heavy atom. The first-order valence-corrected chi connectivity index (χ1v) is 5.15. The number of hydrogen-bond acceptors (Lipinski definition) is 3. The Morgan fingerprint density at radius 2 is 2.21 bits per heavy atom. The topological polar surface area (TPSA) is 49.8 Å². The third kappa shape index (κ3) is 4.07. The quantitative estimate of drug-likeness (QED) is 0.619. The molecule has 0 atom stereocenters. The Balaban J connectivity index is 1.91. The van der Waals surface area contributed by atoms with Gasteiger partial charge in [0.05, 0.1) is 6.42 Å². The summed E-state index contributed by atoms with van der Waals surface area (Å²) in [5.74, 6) is -0.288. The molecule has 1 rings (SSSR count). The maximum absolute atomic E-state index is 10.4. The van der Waals surface area contributed by atoms with E-state index in [0.29, 0.717) is 12.3 Å². The molecule has 0 amide bonds. The lowest BCUT2D eigenvalue weighted by Gasteiger charge is -2.38. The van der Waals surface area contributed by atoms with Gasteiger partial charge >= 0.3 is 5.97 Å². The number of rotatable bonds is 7. The number of likely N-dealkylation sites (tertiary alicyclic amines) is 1. The lowest BCUT2D eigenvalue weighted by Crippen LogP contribution is -2.47. The summed E-state index contributed by atoms with van der Waals surface area (Å²) in [5.41, 5.74) is 0. The molecule has 1 saturated heterocycles. The largest absolute Gasteiger partial charge is 0.481 e. The monoisotopic (exact) mass is 201 g/mol. The van der Waals surface area contributed by atoms with Crippen molar-refractivity contribution in [2.24, 2.45) is 5.92 Å². The van der Waals surface area contributed by atoms with Gasteiger partial charge in [0.1, 0.15) is 0 Å². The molecule has 0 aromatic carbocycles. The van der Waals surface area contributed by atoms with E-state index in [2.05, 4.69) is 4.90 Å². The van der Waals surface area contributed by atoms with Crippen LogP contribution in [0.1, 0.15) is 19.3 Å².